The van der Waals surface area contributed by atoms with E-state index in [9.17, 15) is 0 Å². The molecule has 4 rings (SSSR count). The van der Waals surface area contributed by atoms with E-state index in [1.54, 1.807) is 13.3 Å². The molecule has 5 nitrogen and oxygen atoms in total. The van der Waals surface area contributed by atoms with Crippen molar-refractivity contribution in [3.8, 4) is 11.1 Å². The van der Waals surface area contributed by atoms with Gasteiger partial charge in [-0.3, -0.25) is 0 Å². The minimum absolute atomic E-state index is 0.218. The Morgan fingerprint density at radius 3 is 3.04 bits per heavy atom. The van der Waals surface area contributed by atoms with Gasteiger partial charge in [0.1, 0.15) is 16.6 Å². The summed E-state index contributed by atoms with van der Waals surface area (Å²) in [5.41, 5.74) is 2.96. The van der Waals surface area contributed by atoms with Crippen molar-refractivity contribution < 1.29 is 4.74 Å². The van der Waals surface area contributed by atoms with Crippen LogP contribution in [0, 0.1) is 0 Å². The topological polar surface area (TPSA) is 62.8 Å². The van der Waals surface area contributed by atoms with Crippen molar-refractivity contribution in [2.75, 3.05) is 12.4 Å². The monoisotopic (exact) mass is 356 g/mol. The molecule has 1 aliphatic carbocycles. The van der Waals surface area contributed by atoms with Gasteiger partial charge in [0.15, 0.2) is 0 Å². The second-order valence-electron chi connectivity index (χ2n) is 6.48. The summed E-state index contributed by atoms with van der Waals surface area (Å²) in [6.07, 6.45) is 8.55. The number of nitrogens with one attached hydrogen (secondary N) is 2. The van der Waals surface area contributed by atoms with Gasteiger partial charge in [-0.15, -0.1) is 0 Å². The normalized spacial score (nSPS) is 20.7. The van der Waals surface area contributed by atoms with E-state index in [4.69, 9.17) is 16.3 Å². The number of anilines is 1. The fourth-order valence-corrected chi connectivity index (χ4v) is 3.86. The Balaban J connectivity index is 1.67. The number of hydrogen-bond acceptors (Lipinski definition) is 4. The van der Waals surface area contributed by atoms with E-state index in [2.05, 4.69) is 26.3 Å². The maximum absolute atomic E-state index is 6.30. The number of hydrogen-bond donors (Lipinski definition) is 2. The molecule has 3 heterocycles. The van der Waals surface area contributed by atoms with E-state index in [0.29, 0.717) is 5.15 Å². The Bertz CT molecular complexity index is 879. The number of rotatable bonds is 4. The van der Waals surface area contributed by atoms with E-state index < -0.39 is 0 Å². The van der Waals surface area contributed by atoms with E-state index >= 15 is 0 Å². The third-order valence-corrected chi connectivity index (χ3v) is 5.09. The van der Waals surface area contributed by atoms with Crippen LogP contribution in [-0.4, -0.2) is 34.2 Å². The molecule has 0 aromatic carbocycles. The number of ether oxygens (including phenoxy) is 1. The molecule has 1 aliphatic rings. The van der Waals surface area contributed by atoms with Gasteiger partial charge in [-0.25, -0.2) is 9.97 Å². The molecule has 2 N–H and O–H groups in total. The SMILES string of the molecule is COC1CCCCC1Nc1cc(-c2c[nH]c3ncccc23)cc(Cl)n1. The zero-order valence-electron chi connectivity index (χ0n) is 14.1. The minimum Gasteiger partial charge on any atom is -0.379 e. The second-order valence-corrected chi connectivity index (χ2v) is 6.86. The molecule has 0 radical (unpaired) electrons. The second kappa shape index (κ2) is 7.02. The lowest BCUT2D eigenvalue weighted by Crippen LogP contribution is -2.38. The molecule has 0 spiro atoms. The van der Waals surface area contributed by atoms with Gasteiger partial charge in [-0.2, -0.15) is 0 Å². The van der Waals surface area contributed by atoms with E-state index in [1.165, 1.54) is 12.8 Å². The van der Waals surface area contributed by atoms with Crippen LogP contribution in [0.15, 0.2) is 36.7 Å². The third kappa shape index (κ3) is 3.34. The summed E-state index contributed by atoms with van der Waals surface area (Å²) in [4.78, 5) is 12.0. The fourth-order valence-electron chi connectivity index (χ4n) is 3.66. The van der Waals surface area contributed by atoms with Gasteiger partial charge in [-0.05, 0) is 42.7 Å². The number of halogens is 1. The van der Waals surface area contributed by atoms with E-state index in [1.807, 2.05) is 24.4 Å². The molecule has 25 heavy (non-hydrogen) atoms. The first kappa shape index (κ1) is 16.4. The van der Waals surface area contributed by atoms with Crippen LogP contribution in [0.5, 0.6) is 0 Å². The van der Waals surface area contributed by atoms with Gasteiger partial charge in [-0.1, -0.05) is 24.4 Å². The van der Waals surface area contributed by atoms with Gasteiger partial charge >= 0.3 is 0 Å². The van der Waals surface area contributed by atoms with Crippen molar-refractivity contribution >= 4 is 28.5 Å². The summed E-state index contributed by atoms with van der Waals surface area (Å²) in [5, 5.41) is 5.07. The van der Waals surface area contributed by atoms with Crippen molar-refractivity contribution in [2.24, 2.45) is 0 Å². The summed E-state index contributed by atoms with van der Waals surface area (Å²) < 4.78 is 5.63. The molecule has 2 atom stereocenters. The number of aromatic nitrogens is 3. The first-order chi connectivity index (χ1) is 12.2. The minimum atomic E-state index is 0.218. The number of nitrogens with zero attached hydrogens (tertiary/aromatic N) is 2. The van der Waals surface area contributed by atoms with Gasteiger partial charge < -0.3 is 15.0 Å². The van der Waals surface area contributed by atoms with Crippen molar-refractivity contribution in [3.05, 3.63) is 41.8 Å². The predicted octanol–water partition coefficient (Wildman–Crippen LogP) is 4.65. The molecule has 3 aromatic heterocycles. The molecule has 1 saturated carbocycles. The molecule has 0 amide bonds. The maximum Gasteiger partial charge on any atom is 0.137 e. The van der Waals surface area contributed by atoms with Crippen LogP contribution in [0.3, 0.4) is 0 Å². The number of aromatic amines is 1. The van der Waals surface area contributed by atoms with Gasteiger partial charge in [0.2, 0.25) is 0 Å². The molecular weight excluding hydrogens is 336 g/mol. The Morgan fingerprint density at radius 1 is 1.28 bits per heavy atom. The van der Waals surface area contributed by atoms with Gasteiger partial charge in [0, 0.05) is 30.5 Å². The van der Waals surface area contributed by atoms with Crippen LogP contribution in [0.25, 0.3) is 22.2 Å². The smallest absolute Gasteiger partial charge is 0.137 e. The predicted molar refractivity (Wildman–Crippen MR) is 101 cm³/mol. The number of methoxy groups -OCH3 is 1. The molecule has 0 bridgehead atoms. The third-order valence-electron chi connectivity index (χ3n) is 4.89. The zero-order valence-corrected chi connectivity index (χ0v) is 14.9. The highest BCUT2D eigenvalue weighted by Crippen LogP contribution is 2.31. The Kier molecular flexibility index (Phi) is 4.59. The van der Waals surface area contributed by atoms with Crippen molar-refractivity contribution in [1.82, 2.24) is 15.0 Å². The number of fused-ring (bicyclic) bond motifs is 1. The molecule has 130 valence electrons. The maximum atomic E-state index is 6.30. The lowest BCUT2D eigenvalue weighted by Gasteiger charge is -2.31. The van der Waals surface area contributed by atoms with Crippen LogP contribution in [0.2, 0.25) is 5.15 Å². The van der Waals surface area contributed by atoms with Crippen molar-refractivity contribution in [3.63, 3.8) is 0 Å². The summed E-state index contributed by atoms with van der Waals surface area (Å²) in [6.45, 7) is 0. The lowest BCUT2D eigenvalue weighted by molar-refractivity contribution is 0.0605. The molecule has 1 fully saturated rings. The van der Waals surface area contributed by atoms with Crippen LogP contribution < -0.4 is 5.32 Å². The fraction of sp³-hybridized carbons (Fsp3) is 0.368. The van der Waals surface area contributed by atoms with Crippen LogP contribution in [0.4, 0.5) is 5.82 Å². The summed E-state index contributed by atoms with van der Waals surface area (Å²) >= 11 is 6.30. The molecule has 2 unspecified atom stereocenters. The summed E-state index contributed by atoms with van der Waals surface area (Å²) in [5.74, 6) is 0.787. The highest BCUT2D eigenvalue weighted by Gasteiger charge is 2.25. The Morgan fingerprint density at radius 2 is 2.16 bits per heavy atom. The molecule has 6 heteroatoms. The molecule has 0 aliphatic heterocycles. The van der Waals surface area contributed by atoms with Crippen molar-refractivity contribution in [2.45, 2.75) is 37.8 Å². The highest BCUT2D eigenvalue weighted by molar-refractivity contribution is 6.29. The van der Waals surface area contributed by atoms with E-state index in [-0.39, 0.29) is 12.1 Å². The van der Waals surface area contributed by atoms with Crippen LogP contribution in [0.1, 0.15) is 25.7 Å². The standard InChI is InChI=1S/C19H21ClN4O/c1-25-16-7-3-2-6-15(16)23-18-10-12(9-17(20)24-18)14-11-22-19-13(14)5-4-8-21-19/h4-5,8-11,15-16H,2-3,6-7H2,1H3,(H,21,22)(H,23,24). The number of H-pyrrole nitrogens is 1. The molecular formula is C19H21ClN4O. The average molecular weight is 357 g/mol. The lowest BCUT2D eigenvalue weighted by atomic mass is 9.92. The summed E-state index contributed by atoms with van der Waals surface area (Å²) in [6, 6.07) is 8.19. The number of pyridine rings is 2. The molecule has 0 saturated heterocycles. The van der Waals surface area contributed by atoms with E-state index in [0.717, 1.165) is 40.8 Å². The largest absolute Gasteiger partial charge is 0.379 e. The Labute approximate surface area is 151 Å². The van der Waals surface area contributed by atoms with Gasteiger partial charge in [0.25, 0.3) is 0 Å². The van der Waals surface area contributed by atoms with Crippen molar-refractivity contribution in [1.29, 1.82) is 0 Å². The quantitative estimate of drug-likeness (QED) is 0.668. The first-order valence-electron chi connectivity index (χ1n) is 8.64. The first-order valence-corrected chi connectivity index (χ1v) is 9.02. The van der Waals surface area contributed by atoms with Gasteiger partial charge in [0.05, 0.1) is 12.1 Å². The highest BCUT2D eigenvalue weighted by atomic mass is 35.5. The zero-order chi connectivity index (χ0) is 17.2. The average Bonchev–Trinajstić information content (AvgIpc) is 3.06. The molecule has 3 aromatic rings. The van der Waals surface area contributed by atoms with Crippen LogP contribution in [-0.2, 0) is 4.74 Å². The Hall–Kier alpha value is -2.11. The summed E-state index contributed by atoms with van der Waals surface area (Å²) in [7, 11) is 1.78. The van der Waals surface area contributed by atoms with Crippen LogP contribution >= 0.6 is 11.6 Å².